The summed E-state index contributed by atoms with van der Waals surface area (Å²) in [6.07, 6.45) is -3.70. The summed E-state index contributed by atoms with van der Waals surface area (Å²) in [5, 5.41) is 0. The second-order valence-electron chi connectivity index (χ2n) is 4.69. The summed E-state index contributed by atoms with van der Waals surface area (Å²) in [5.74, 6) is 0.0525. The third-order valence-electron chi connectivity index (χ3n) is 3.28. The van der Waals surface area contributed by atoms with Crippen LogP contribution in [0.4, 0.5) is 13.2 Å². The van der Waals surface area contributed by atoms with Gasteiger partial charge in [-0.25, -0.2) is 0 Å². The molecule has 1 rings (SSSR count). The van der Waals surface area contributed by atoms with Gasteiger partial charge in [-0.05, 0) is 30.8 Å². The molecule has 0 aliphatic heterocycles. The molecule has 0 fully saturated rings. The van der Waals surface area contributed by atoms with E-state index in [1.165, 1.54) is 12.1 Å². The number of hydrogen-bond donors (Lipinski definition) is 0. The van der Waals surface area contributed by atoms with Crippen LogP contribution < -0.4 is 0 Å². The topological polar surface area (TPSA) is 20.3 Å². The minimum atomic E-state index is -4.33. The fourth-order valence-electron chi connectivity index (χ4n) is 1.95. The molecule has 0 amide bonds. The Kier molecular flexibility index (Phi) is 6.20. The average Bonchev–Trinajstić information content (AvgIpc) is 2.39. The number of ketones is 1. The first kappa shape index (κ1) is 16.7. The lowest BCUT2D eigenvalue weighted by Crippen LogP contribution is -2.26. The van der Waals surface area contributed by atoms with Gasteiger partial charge in [0.05, 0.1) is 5.56 Å². The number of benzene rings is 1. The van der Waals surface area contributed by atoms with Crippen LogP contribution in [0.2, 0.25) is 0 Å². The van der Waals surface area contributed by atoms with E-state index in [0.717, 1.165) is 25.2 Å². The monoisotopic (exact) mass is 287 g/mol. The maximum absolute atomic E-state index is 12.4. The van der Waals surface area contributed by atoms with Crippen LogP contribution in [0.15, 0.2) is 24.3 Å². The molecule has 0 atom stereocenters. The van der Waals surface area contributed by atoms with Gasteiger partial charge < -0.3 is 4.90 Å². The Morgan fingerprint density at radius 1 is 1.10 bits per heavy atom. The molecular weight excluding hydrogens is 267 g/mol. The number of carbonyl (C=O) groups excluding carboxylic acids is 1. The van der Waals surface area contributed by atoms with Gasteiger partial charge in [-0.3, -0.25) is 4.79 Å². The average molecular weight is 287 g/mol. The molecule has 1 aromatic carbocycles. The molecule has 0 saturated carbocycles. The van der Waals surface area contributed by atoms with Gasteiger partial charge in [0, 0.05) is 19.4 Å². The zero-order chi connectivity index (χ0) is 15.2. The van der Waals surface area contributed by atoms with Crippen molar-refractivity contribution in [3.8, 4) is 0 Å². The van der Waals surface area contributed by atoms with Gasteiger partial charge in [0.25, 0.3) is 0 Å². The molecule has 1 aromatic rings. The fourth-order valence-corrected chi connectivity index (χ4v) is 1.95. The lowest BCUT2D eigenvalue weighted by Gasteiger charge is -2.17. The Hall–Kier alpha value is -1.36. The molecule has 112 valence electrons. The molecule has 0 radical (unpaired) electrons. The fraction of sp³-hybridized carbons (Fsp3) is 0.533. The van der Waals surface area contributed by atoms with E-state index in [4.69, 9.17) is 0 Å². The SMILES string of the molecule is CCN(CC)CCC(=O)Cc1ccc(C(F)(F)F)cc1. The van der Waals surface area contributed by atoms with Gasteiger partial charge in [0.2, 0.25) is 0 Å². The maximum Gasteiger partial charge on any atom is 0.416 e. The van der Waals surface area contributed by atoms with Gasteiger partial charge >= 0.3 is 6.18 Å². The highest BCUT2D eigenvalue weighted by Crippen LogP contribution is 2.29. The normalized spacial score (nSPS) is 11.9. The van der Waals surface area contributed by atoms with Crippen molar-refractivity contribution in [2.45, 2.75) is 32.9 Å². The van der Waals surface area contributed by atoms with Crippen molar-refractivity contribution in [3.05, 3.63) is 35.4 Å². The Morgan fingerprint density at radius 2 is 1.65 bits per heavy atom. The number of carbonyl (C=O) groups is 1. The van der Waals surface area contributed by atoms with E-state index in [1.807, 2.05) is 13.8 Å². The first-order chi connectivity index (χ1) is 9.36. The number of halogens is 3. The molecule has 5 heteroatoms. The molecule has 0 aliphatic carbocycles. The summed E-state index contributed by atoms with van der Waals surface area (Å²) in [6.45, 7) is 6.55. The van der Waals surface area contributed by atoms with Gasteiger partial charge in [-0.15, -0.1) is 0 Å². The number of nitrogens with zero attached hydrogens (tertiary/aromatic N) is 1. The van der Waals surface area contributed by atoms with E-state index in [-0.39, 0.29) is 12.2 Å². The van der Waals surface area contributed by atoms with Crippen LogP contribution in [0.1, 0.15) is 31.4 Å². The van der Waals surface area contributed by atoms with E-state index < -0.39 is 11.7 Å². The van der Waals surface area contributed by atoms with Gasteiger partial charge in [-0.2, -0.15) is 13.2 Å². The molecule has 0 aliphatic rings. The van der Waals surface area contributed by atoms with Crippen LogP contribution >= 0.6 is 0 Å². The molecule has 0 bridgehead atoms. The first-order valence-electron chi connectivity index (χ1n) is 6.77. The highest BCUT2D eigenvalue weighted by atomic mass is 19.4. The van der Waals surface area contributed by atoms with E-state index in [1.54, 1.807) is 0 Å². The minimum Gasteiger partial charge on any atom is -0.303 e. The van der Waals surface area contributed by atoms with Crippen LogP contribution in [-0.2, 0) is 17.4 Å². The molecule has 0 heterocycles. The summed E-state index contributed by atoms with van der Waals surface area (Å²) in [5.41, 5.74) is -0.0561. The van der Waals surface area contributed by atoms with Crippen LogP contribution in [-0.4, -0.2) is 30.3 Å². The number of Topliss-reactive ketones (excluding diaryl/α,β-unsaturated/α-hetero) is 1. The summed E-state index contributed by atoms with van der Waals surface area (Å²) < 4.78 is 37.2. The third kappa shape index (κ3) is 5.33. The molecule has 2 nitrogen and oxygen atoms in total. The smallest absolute Gasteiger partial charge is 0.303 e. The molecule has 0 saturated heterocycles. The molecule has 20 heavy (non-hydrogen) atoms. The van der Waals surface area contributed by atoms with E-state index in [2.05, 4.69) is 4.90 Å². The zero-order valence-electron chi connectivity index (χ0n) is 11.8. The van der Waals surface area contributed by atoms with Crippen molar-refractivity contribution in [2.24, 2.45) is 0 Å². The van der Waals surface area contributed by atoms with Crippen LogP contribution in [0, 0.1) is 0 Å². The summed E-state index contributed by atoms with van der Waals surface area (Å²) in [4.78, 5) is 13.9. The highest BCUT2D eigenvalue weighted by molar-refractivity contribution is 5.81. The van der Waals surface area contributed by atoms with Gasteiger partial charge in [0.1, 0.15) is 5.78 Å². The van der Waals surface area contributed by atoms with E-state index in [9.17, 15) is 18.0 Å². The number of alkyl halides is 3. The highest BCUT2D eigenvalue weighted by Gasteiger charge is 2.29. The Balaban J connectivity index is 2.50. The van der Waals surface area contributed by atoms with Crippen LogP contribution in [0.25, 0.3) is 0 Å². The molecule has 0 N–H and O–H groups in total. The Bertz CT molecular complexity index is 422. The van der Waals surface area contributed by atoms with Gasteiger partial charge in [-0.1, -0.05) is 26.0 Å². The third-order valence-corrected chi connectivity index (χ3v) is 3.28. The first-order valence-corrected chi connectivity index (χ1v) is 6.77. The lowest BCUT2D eigenvalue weighted by molar-refractivity contribution is -0.137. The molecule has 0 unspecified atom stereocenters. The zero-order valence-corrected chi connectivity index (χ0v) is 11.8. The number of hydrogen-bond acceptors (Lipinski definition) is 2. The van der Waals surface area contributed by atoms with Crippen molar-refractivity contribution in [1.29, 1.82) is 0 Å². The second-order valence-corrected chi connectivity index (χ2v) is 4.69. The quantitative estimate of drug-likeness (QED) is 0.764. The largest absolute Gasteiger partial charge is 0.416 e. The second kappa shape index (κ2) is 7.43. The number of rotatable bonds is 7. The van der Waals surface area contributed by atoms with Crippen molar-refractivity contribution >= 4 is 5.78 Å². The van der Waals surface area contributed by atoms with Crippen molar-refractivity contribution in [3.63, 3.8) is 0 Å². The van der Waals surface area contributed by atoms with E-state index in [0.29, 0.717) is 18.5 Å². The summed E-state index contributed by atoms with van der Waals surface area (Å²) in [7, 11) is 0. The molecule has 0 aromatic heterocycles. The summed E-state index contributed by atoms with van der Waals surface area (Å²) >= 11 is 0. The predicted molar refractivity (Wildman–Crippen MR) is 72.6 cm³/mol. The standard InChI is InChI=1S/C15H20F3NO/c1-3-19(4-2)10-9-14(20)11-12-5-7-13(8-6-12)15(16,17)18/h5-8H,3-4,9-11H2,1-2H3. The Labute approximate surface area is 117 Å². The summed E-state index contributed by atoms with van der Waals surface area (Å²) in [6, 6.07) is 4.79. The van der Waals surface area contributed by atoms with Crippen molar-refractivity contribution in [2.75, 3.05) is 19.6 Å². The van der Waals surface area contributed by atoms with Crippen molar-refractivity contribution < 1.29 is 18.0 Å². The molecular formula is C15H20F3NO. The van der Waals surface area contributed by atoms with Gasteiger partial charge in [0.15, 0.2) is 0 Å². The predicted octanol–water partition coefficient (Wildman–Crippen LogP) is 3.55. The van der Waals surface area contributed by atoms with Crippen molar-refractivity contribution in [1.82, 2.24) is 4.90 Å². The van der Waals surface area contributed by atoms with Crippen LogP contribution in [0.3, 0.4) is 0 Å². The van der Waals surface area contributed by atoms with Crippen LogP contribution in [0.5, 0.6) is 0 Å². The Morgan fingerprint density at radius 3 is 2.10 bits per heavy atom. The maximum atomic E-state index is 12.4. The molecule has 0 spiro atoms. The minimum absolute atomic E-state index is 0.0525. The lowest BCUT2D eigenvalue weighted by atomic mass is 10.0. The van der Waals surface area contributed by atoms with E-state index >= 15 is 0 Å².